The van der Waals surface area contributed by atoms with Gasteiger partial charge in [-0.3, -0.25) is 4.79 Å². The summed E-state index contributed by atoms with van der Waals surface area (Å²) in [7, 11) is -0.816. The van der Waals surface area contributed by atoms with Gasteiger partial charge in [0, 0.05) is 0 Å². The summed E-state index contributed by atoms with van der Waals surface area (Å²) in [6, 6.07) is 0. The fraction of sp³-hybridized carbons (Fsp3) is 0.750. The Bertz CT molecular complexity index is 276. The van der Waals surface area contributed by atoms with E-state index in [0.717, 1.165) is 6.42 Å². The zero-order valence-electron chi connectivity index (χ0n) is 10.6. The van der Waals surface area contributed by atoms with Crippen molar-refractivity contribution >= 4 is 16.0 Å². The molecule has 0 aromatic carbocycles. The maximum atomic E-state index is 11.5. The molecule has 0 N–H and O–H groups in total. The molecule has 88 valence electrons. The van der Waals surface area contributed by atoms with Crippen molar-refractivity contribution in [1.29, 1.82) is 0 Å². The molecule has 2 nitrogen and oxygen atoms in total. The molecule has 0 saturated carbocycles. The van der Waals surface area contributed by atoms with Crippen molar-refractivity contribution < 1.29 is 9.53 Å². The highest BCUT2D eigenvalue weighted by molar-refractivity contribution is 8.35. The first kappa shape index (κ1) is 14.4. The van der Waals surface area contributed by atoms with Crippen molar-refractivity contribution in [2.75, 3.05) is 25.4 Å². The van der Waals surface area contributed by atoms with Crippen LogP contribution in [-0.2, 0) is 9.53 Å². The molecule has 0 aromatic heterocycles. The van der Waals surface area contributed by atoms with Gasteiger partial charge in [0.1, 0.15) is 0 Å². The smallest absolute Gasteiger partial charge is 0.312 e. The summed E-state index contributed by atoms with van der Waals surface area (Å²) >= 11 is 0. The van der Waals surface area contributed by atoms with Crippen LogP contribution < -0.4 is 0 Å². The van der Waals surface area contributed by atoms with Gasteiger partial charge < -0.3 is 4.74 Å². The molecule has 0 heterocycles. The SMILES string of the molecule is CCC(C)(C)C(=O)OCC#CS(C)(C)C. The summed E-state index contributed by atoms with van der Waals surface area (Å²) in [6.07, 6.45) is 7.11. The number of carbonyl (C=O) groups excluding carboxylic acids is 1. The molecule has 0 aliphatic heterocycles. The van der Waals surface area contributed by atoms with Gasteiger partial charge in [0.05, 0.1) is 5.41 Å². The van der Waals surface area contributed by atoms with Crippen LogP contribution in [0.4, 0.5) is 0 Å². The van der Waals surface area contributed by atoms with E-state index in [2.05, 4.69) is 29.9 Å². The molecule has 0 rings (SSSR count). The van der Waals surface area contributed by atoms with E-state index in [0.29, 0.717) is 0 Å². The molecule has 0 amide bonds. The van der Waals surface area contributed by atoms with Crippen LogP contribution in [0.1, 0.15) is 27.2 Å². The third-order valence-corrected chi connectivity index (χ3v) is 2.85. The van der Waals surface area contributed by atoms with Crippen LogP contribution in [0, 0.1) is 16.6 Å². The van der Waals surface area contributed by atoms with Crippen LogP contribution in [-0.4, -0.2) is 31.3 Å². The third-order valence-electron chi connectivity index (χ3n) is 2.09. The molecule has 0 aromatic rings. The maximum Gasteiger partial charge on any atom is 0.312 e. The Morgan fingerprint density at radius 3 is 2.27 bits per heavy atom. The normalized spacial score (nSPS) is 12.7. The van der Waals surface area contributed by atoms with E-state index in [1.165, 1.54) is 0 Å². The number of hydrogen-bond acceptors (Lipinski definition) is 2. The summed E-state index contributed by atoms with van der Waals surface area (Å²) in [6.45, 7) is 5.97. The van der Waals surface area contributed by atoms with Gasteiger partial charge in [-0.25, -0.2) is 0 Å². The Labute approximate surface area is 95.1 Å². The molecule has 0 atom stereocenters. The van der Waals surface area contributed by atoms with Crippen LogP contribution in [0.5, 0.6) is 0 Å². The van der Waals surface area contributed by atoms with E-state index in [1.54, 1.807) is 0 Å². The van der Waals surface area contributed by atoms with Crippen molar-refractivity contribution in [2.45, 2.75) is 27.2 Å². The van der Waals surface area contributed by atoms with Gasteiger partial charge in [-0.05, 0) is 39.0 Å². The molecule has 0 radical (unpaired) electrons. The van der Waals surface area contributed by atoms with Gasteiger partial charge in [0.2, 0.25) is 0 Å². The van der Waals surface area contributed by atoms with Gasteiger partial charge in [0.25, 0.3) is 0 Å². The van der Waals surface area contributed by atoms with Crippen molar-refractivity contribution in [3.05, 3.63) is 0 Å². The maximum absolute atomic E-state index is 11.5. The molecule has 0 bridgehead atoms. The van der Waals surface area contributed by atoms with Crippen molar-refractivity contribution in [1.82, 2.24) is 0 Å². The summed E-state index contributed by atoms with van der Waals surface area (Å²) in [5, 5.41) is 3.10. The Morgan fingerprint density at radius 1 is 1.33 bits per heavy atom. The van der Waals surface area contributed by atoms with Crippen molar-refractivity contribution in [3.8, 4) is 11.2 Å². The van der Waals surface area contributed by atoms with E-state index >= 15 is 0 Å². The number of hydrogen-bond donors (Lipinski definition) is 0. The van der Waals surface area contributed by atoms with Crippen molar-refractivity contribution in [2.24, 2.45) is 5.41 Å². The third kappa shape index (κ3) is 6.46. The molecule has 3 heteroatoms. The minimum absolute atomic E-state index is 0.164. The average Bonchev–Trinajstić information content (AvgIpc) is 2.10. The molecular weight excluding hydrogens is 208 g/mol. The van der Waals surface area contributed by atoms with Crippen LogP contribution >= 0.6 is 10.0 Å². The van der Waals surface area contributed by atoms with E-state index in [4.69, 9.17) is 4.74 Å². The second kappa shape index (κ2) is 5.46. The monoisotopic (exact) mass is 230 g/mol. The quantitative estimate of drug-likeness (QED) is 0.550. The minimum atomic E-state index is -0.816. The van der Waals surface area contributed by atoms with Gasteiger partial charge in [0.15, 0.2) is 6.61 Å². The lowest BCUT2D eigenvalue weighted by molar-refractivity contribution is -0.152. The number of carbonyl (C=O) groups is 1. The molecule has 0 aliphatic carbocycles. The Kier molecular flexibility index (Phi) is 5.23. The Balaban J connectivity index is 4.08. The van der Waals surface area contributed by atoms with Gasteiger partial charge in [-0.1, -0.05) is 18.1 Å². The standard InChI is InChI=1S/C12H22O2S/c1-7-12(2,3)11(13)14-9-8-10-15(4,5)6/h7,9H2,1-6H3. The zero-order chi connectivity index (χ0) is 12.1. The highest BCUT2D eigenvalue weighted by Gasteiger charge is 2.26. The first-order valence-corrected chi connectivity index (χ1v) is 7.90. The van der Waals surface area contributed by atoms with Crippen LogP contribution in [0.2, 0.25) is 0 Å². The van der Waals surface area contributed by atoms with Gasteiger partial charge in [-0.15, -0.1) is 0 Å². The largest absolute Gasteiger partial charge is 0.452 e. The van der Waals surface area contributed by atoms with Crippen molar-refractivity contribution in [3.63, 3.8) is 0 Å². The predicted molar refractivity (Wildman–Crippen MR) is 68.2 cm³/mol. The summed E-state index contributed by atoms with van der Waals surface area (Å²) in [4.78, 5) is 11.5. The lowest BCUT2D eigenvalue weighted by atomic mass is 9.91. The topological polar surface area (TPSA) is 26.3 Å². The summed E-state index contributed by atoms with van der Waals surface area (Å²) < 4.78 is 5.09. The number of esters is 1. The van der Waals surface area contributed by atoms with E-state index in [1.807, 2.05) is 20.8 Å². The Morgan fingerprint density at radius 2 is 1.87 bits per heavy atom. The number of rotatable bonds is 3. The summed E-state index contributed by atoms with van der Waals surface area (Å²) in [5.41, 5.74) is -0.393. The fourth-order valence-electron chi connectivity index (χ4n) is 0.687. The summed E-state index contributed by atoms with van der Waals surface area (Å²) in [5.74, 6) is 2.73. The second-order valence-electron chi connectivity index (χ2n) is 4.93. The highest BCUT2D eigenvalue weighted by Crippen LogP contribution is 2.32. The van der Waals surface area contributed by atoms with E-state index < -0.39 is 15.4 Å². The lowest BCUT2D eigenvalue weighted by Crippen LogP contribution is -2.25. The first-order valence-electron chi connectivity index (χ1n) is 5.04. The molecule has 0 aliphatic rings. The highest BCUT2D eigenvalue weighted by atomic mass is 32.3. The van der Waals surface area contributed by atoms with E-state index in [9.17, 15) is 4.79 Å². The second-order valence-corrected chi connectivity index (χ2v) is 8.81. The molecule has 0 spiro atoms. The fourth-order valence-corrected chi connectivity index (χ4v) is 1.18. The molecule has 0 saturated heterocycles. The molecule has 0 fully saturated rings. The average molecular weight is 230 g/mol. The lowest BCUT2D eigenvalue weighted by Gasteiger charge is -2.19. The van der Waals surface area contributed by atoms with Crippen LogP contribution in [0.25, 0.3) is 0 Å². The molecule has 15 heavy (non-hydrogen) atoms. The molecular formula is C12H22O2S. The van der Waals surface area contributed by atoms with Gasteiger partial charge in [-0.2, -0.15) is 10.0 Å². The zero-order valence-corrected chi connectivity index (χ0v) is 11.5. The molecule has 0 unspecified atom stereocenters. The van der Waals surface area contributed by atoms with Gasteiger partial charge >= 0.3 is 5.97 Å². The van der Waals surface area contributed by atoms with Crippen LogP contribution in [0.3, 0.4) is 0 Å². The van der Waals surface area contributed by atoms with E-state index in [-0.39, 0.29) is 12.6 Å². The first-order chi connectivity index (χ1) is 6.69. The number of ether oxygens (including phenoxy) is 1. The predicted octanol–water partition coefficient (Wildman–Crippen LogP) is 2.62. The minimum Gasteiger partial charge on any atom is -0.452 e. The van der Waals surface area contributed by atoms with Crippen LogP contribution in [0.15, 0.2) is 0 Å². The Hall–Kier alpha value is -0.620.